The fraction of sp³-hybridized carbons (Fsp3) is 0.833. The first-order valence-electron chi connectivity index (χ1n) is 6.16. The van der Waals surface area contributed by atoms with Gasteiger partial charge >= 0.3 is 0 Å². The molecular formula is C12H26ClN3O2. The van der Waals surface area contributed by atoms with E-state index in [9.17, 15) is 9.59 Å². The molecule has 6 heteroatoms. The van der Waals surface area contributed by atoms with Gasteiger partial charge in [0.2, 0.25) is 11.8 Å². The molecule has 0 aromatic heterocycles. The summed E-state index contributed by atoms with van der Waals surface area (Å²) in [5.74, 6) is -0.258. The van der Waals surface area contributed by atoms with Gasteiger partial charge in [0.05, 0.1) is 5.54 Å². The highest BCUT2D eigenvalue weighted by molar-refractivity contribution is 5.86. The average Bonchev–Trinajstić information content (AvgIpc) is 2.15. The van der Waals surface area contributed by atoms with Gasteiger partial charge in [-0.25, -0.2) is 0 Å². The maximum absolute atomic E-state index is 11.7. The van der Waals surface area contributed by atoms with Crippen LogP contribution in [0.5, 0.6) is 0 Å². The fourth-order valence-corrected chi connectivity index (χ4v) is 1.52. The van der Waals surface area contributed by atoms with E-state index in [1.807, 2.05) is 20.8 Å². The number of nitrogens with one attached hydrogen (secondary N) is 2. The molecule has 5 nitrogen and oxygen atoms in total. The average molecular weight is 280 g/mol. The van der Waals surface area contributed by atoms with Gasteiger partial charge < -0.3 is 16.4 Å². The largest absolute Gasteiger partial charge is 0.354 e. The van der Waals surface area contributed by atoms with Crippen LogP contribution < -0.4 is 16.4 Å². The summed E-state index contributed by atoms with van der Waals surface area (Å²) >= 11 is 0. The normalized spacial score (nSPS) is 13.4. The molecule has 2 amide bonds. The van der Waals surface area contributed by atoms with E-state index in [0.29, 0.717) is 13.0 Å². The number of hydrogen-bond acceptors (Lipinski definition) is 3. The van der Waals surface area contributed by atoms with Crippen LogP contribution in [0.1, 0.15) is 47.0 Å². The van der Waals surface area contributed by atoms with Crippen LogP contribution in [-0.2, 0) is 9.59 Å². The molecule has 0 aliphatic rings. The van der Waals surface area contributed by atoms with Gasteiger partial charge in [-0.1, -0.05) is 13.3 Å². The molecule has 1 atom stereocenters. The highest BCUT2D eigenvalue weighted by Gasteiger charge is 2.26. The van der Waals surface area contributed by atoms with Crippen molar-refractivity contribution in [3.63, 3.8) is 0 Å². The molecule has 0 aromatic carbocycles. The Morgan fingerprint density at radius 2 is 1.89 bits per heavy atom. The Morgan fingerprint density at radius 3 is 2.33 bits per heavy atom. The minimum Gasteiger partial charge on any atom is -0.354 e. The molecule has 108 valence electrons. The third-order valence-electron chi connectivity index (χ3n) is 2.38. The predicted molar refractivity (Wildman–Crippen MR) is 75.7 cm³/mol. The predicted octanol–water partition coefficient (Wildman–Crippen LogP) is 0.957. The van der Waals surface area contributed by atoms with Crippen LogP contribution in [0.3, 0.4) is 0 Å². The van der Waals surface area contributed by atoms with E-state index in [4.69, 9.17) is 5.73 Å². The third-order valence-corrected chi connectivity index (χ3v) is 2.38. The Balaban J connectivity index is 0. The van der Waals surface area contributed by atoms with E-state index in [2.05, 4.69) is 10.6 Å². The summed E-state index contributed by atoms with van der Waals surface area (Å²) in [4.78, 5) is 23.0. The van der Waals surface area contributed by atoms with Gasteiger partial charge in [0.25, 0.3) is 0 Å². The first-order chi connectivity index (χ1) is 7.79. The molecule has 0 fully saturated rings. The van der Waals surface area contributed by atoms with E-state index in [1.54, 1.807) is 6.92 Å². The van der Waals surface area contributed by atoms with E-state index in [0.717, 1.165) is 6.42 Å². The second-order valence-electron chi connectivity index (χ2n) is 4.90. The number of rotatable bonds is 7. The lowest BCUT2D eigenvalue weighted by Crippen LogP contribution is -2.52. The lowest BCUT2D eigenvalue weighted by atomic mass is 9.96. The Bertz CT molecular complexity index is 268. The highest BCUT2D eigenvalue weighted by Crippen LogP contribution is 2.07. The number of carbonyl (C=O) groups is 2. The molecule has 0 rings (SSSR count). The molecule has 18 heavy (non-hydrogen) atoms. The number of amides is 2. The summed E-state index contributed by atoms with van der Waals surface area (Å²) in [5.41, 5.74) is 5.01. The Kier molecular flexibility index (Phi) is 9.94. The van der Waals surface area contributed by atoms with Crippen molar-refractivity contribution in [1.82, 2.24) is 10.6 Å². The Morgan fingerprint density at radius 1 is 1.33 bits per heavy atom. The number of hydrogen-bond donors (Lipinski definition) is 3. The monoisotopic (exact) mass is 279 g/mol. The van der Waals surface area contributed by atoms with Crippen molar-refractivity contribution >= 4 is 24.2 Å². The van der Waals surface area contributed by atoms with Crippen molar-refractivity contribution in [3.05, 3.63) is 0 Å². The number of nitrogens with two attached hydrogens (primary N) is 1. The fourth-order valence-electron chi connectivity index (χ4n) is 1.52. The molecule has 0 aliphatic carbocycles. The topological polar surface area (TPSA) is 84.2 Å². The minimum atomic E-state index is -0.844. The van der Waals surface area contributed by atoms with E-state index in [-0.39, 0.29) is 36.7 Å². The van der Waals surface area contributed by atoms with E-state index in [1.165, 1.54) is 0 Å². The van der Waals surface area contributed by atoms with Crippen LogP contribution in [-0.4, -0.2) is 29.9 Å². The molecular weight excluding hydrogens is 254 g/mol. The van der Waals surface area contributed by atoms with Crippen LogP contribution in [0.4, 0.5) is 0 Å². The van der Waals surface area contributed by atoms with Crippen LogP contribution in [0.15, 0.2) is 0 Å². The highest BCUT2D eigenvalue weighted by atomic mass is 35.5. The van der Waals surface area contributed by atoms with Crippen molar-refractivity contribution in [1.29, 1.82) is 0 Å². The summed E-state index contributed by atoms with van der Waals surface area (Å²) < 4.78 is 0. The maximum atomic E-state index is 11.7. The minimum absolute atomic E-state index is 0. The molecule has 0 heterocycles. The smallest absolute Gasteiger partial charge is 0.239 e. The molecule has 0 bridgehead atoms. The summed E-state index contributed by atoms with van der Waals surface area (Å²) in [7, 11) is 0. The second kappa shape index (κ2) is 9.16. The Hall–Kier alpha value is -0.810. The number of carbonyl (C=O) groups excluding carboxylic acids is 2. The zero-order chi connectivity index (χ0) is 13.5. The SMILES string of the molecule is CCCC(C)(N)C(=O)NCCC(=O)NC(C)C.Cl. The van der Waals surface area contributed by atoms with Crippen LogP contribution in [0.2, 0.25) is 0 Å². The molecule has 0 aromatic rings. The molecule has 4 N–H and O–H groups in total. The van der Waals surface area contributed by atoms with Gasteiger partial charge in [-0.2, -0.15) is 0 Å². The van der Waals surface area contributed by atoms with Gasteiger partial charge in [0.15, 0.2) is 0 Å². The molecule has 0 radical (unpaired) electrons. The molecule has 0 saturated carbocycles. The van der Waals surface area contributed by atoms with Crippen molar-refractivity contribution in [2.75, 3.05) is 6.54 Å². The maximum Gasteiger partial charge on any atom is 0.239 e. The van der Waals surface area contributed by atoms with Crippen LogP contribution >= 0.6 is 12.4 Å². The van der Waals surface area contributed by atoms with Crippen molar-refractivity contribution in [3.8, 4) is 0 Å². The van der Waals surface area contributed by atoms with Gasteiger partial charge in [0.1, 0.15) is 0 Å². The summed E-state index contributed by atoms with van der Waals surface area (Å²) in [6, 6.07) is 0.123. The van der Waals surface area contributed by atoms with Crippen molar-refractivity contribution in [2.45, 2.75) is 58.5 Å². The first-order valence-corrected chi connectivity index (χ1v) is 6.16. The zero-order valence-corrected chi connectivity index (χ0v) is 12.5. The van der Waals surface area contributed by atoms with Gasteiger partial charge in [-0.3, -0.25) is 9.59 Å². The standard InChI is InChI=1S/C12H25N3O2.ClH/c1-5-7-12(4,13)11(17)14-8-6-10(16)15-9(2)3;/h9H,5-8,13H2,1-4H3,(H,14,17)(H,15,16);1H. The third kappa shape index (κ3) is 8.31. The van der Waals surface area contributed by atoms with Crippen molar-refractivity contribution in [2.24, 2.45) is 5.73 Å². The number of halogens is 1. The molecule has 0 spiro atoms. The lowest BCUT2D eigenvalue weighted by molar-refractivity contribution is -0.126. The molecule has 0 saturated heterocycles. The van der Waals surface area contributed by atoms with E-state index < -0.39 is 5.54 Å². The Labute approximate surface area is 116 Å². The summed E-state index contributed by atoms with van der Waals surface area (Å²) in [6.45, 7) is 7.81. The zero-order valence-electron chi connectivity index (χ0n) is 11.7. The van der Waals surface area contributed by atoms with E-state index >= 15 is 0 Å². The second-order valence-corrected chi connectivity index (χ2v) is 4.90. The summed E-state index contributed by atoms with van der Waals surface area (Å²) in [6.07, 6.45) is 1.78. The van der Waals surface area contributed by atoms with Crippen LogP contribution in [0.25, 0.3) is 0 Å². The summed E-state index contributed by atoms with van der Waals surface area (Å²) in [5, 5.41) is 5.45. The van der Waals surface area contributed by atoms with Gasteiger partial charge in [-0.15, -0.1) is 12.4 Å². The quantitative estimate of drug-likeness (QED) is 0.649. The van der Waals surface area contributed by atoms with Crippen LogP contribution in [0, 0.1) is 0 Å². The molecule has 1 unspecified atom stereocenters. The van der Waals surface area contributed by atoms with Gasteiger partial charge in [0, 0.05) is 19.0 Å². The first kappa shape index (κ1) is 19.5. The molecule has 0 aliphatic heterocycles. The lowest BCUT2D eigenvalue weighted by Gasteiger charge is -2.22. The van der Waals surface area contributed by atoms with Gasteiger partial charge in [-0.05, 0) is 27.2 Å². The van der Waals surface area contributed by atoms with Crippen molar-refractivity contribution < 1.29 is 9.59 Å².